The van der Waals surface area contributed by atoms with Crippen molar-refractivity contribution in [3.8, 4) is 0 Å². The second-order valence-electron chi connectivity index (χ2n) is 5.33. The largest absolute Gasteiger partial charge is 0.394 e. The molecule has 0 spiro atoms. The Balaban J connectivity index is 2.28. The van der Waals surface area contributed by atoms with E-state index in [1.165, 1.54) is 11.6 Å². The molecule has 2 heterocycles. The zero-order chi connectivity index (χ0) is 16.3. The first-order valence-corrected chi connectivity index (χ1v) is 7.44. The molecule has 0 aliphatic rings. The fraction of sp³-hybridized carbons (Fsp3) is 0.643. The summed E-state index contributed by atoms with van der Waals surface area (Å²) in [5.74, 6) is 0. The quantitative estimate of drug-likeness (QED) is 0.667. The predicted molar refractivity (Wildman–Crippen MR) is 81.9 cm³/mol. The fourth-order valence-electron chi connectivity index (χ4n) is 2.51. The van der Waals surface area contributed by atoms with Crippen LogP contribution in [0.1, 0.15) is 26.2 Å². The van der Waals surface area contributed by atoms with E-state index < -0.39 is 6.10 Å². The number of aliphatic hydroxyl groups is 2. The van der Waals surface area contributed by atoms with Crippen LogP contribution >= 0.6 is 0 Å². The summed E-state index contributed by atoms with van der Waals surface area (Å²) in [4.78, 5) is 28.5. The van der Waals surface area contributed by atoms with Crippen molar-refractivity contribution in [1.82, 2.24) is 18.7 Å². The van der Waals surface area contributed by atoms with Crippen LogP contribution in [0.25, 0.3) is 11.2 Å². The molecule has 0 radical (unpaired) electrons. The SMILES string of the molecule is CCn1c(=O)n(C)c(=O)c2c1ncn2CCCCC(O)CO. The van der Waals surface area contributed by atoms with E-state index in [0.29, 0.717) is 30.7 Å². The van der Waals surface area contributed by atoms with E-state index in [0.717, 1.165) is 17.4 Å². The van der Waals surface area contributed by atoms with E-state index in [9.17, 15) is 14.7 Å². The third-order valence-electron chi connectivity index (χ3n) is 3.81. The van der Waals surface area contributed by atoms with Gasteiger partial charge in [0.05, 0.1) is 19.0 Å². The average molecular weight is 310 g/mol. The molecule has 0 aliphatic carbocycles. The molecule has 0 aliphatic heterocycles. The first-order valence-electron chi connectivity index (χ1n) is 7.44. The summed E-state index contributed by atoms with van der Waals surface area (Å²) in [6, 6.07) is 0. The van der Waals surface area contributed by atoms with Crippen molar-refractivity contribution in [2.24, 2.45) is 7.05 Å². The van der Waals surface area contributed by atoms with Crippen molar-refractivity contribution < 1.29 is 10.2 Å². The number of imidazole rings is 1. The van der Waals surface area contributed by atoms with E-state index >= 15 is 0 Å². The van der Waals surface area contributed by atoms with E-state index in [4.69, 9.17) is 5.11 Å². The number of fused-ring (bicyclic) bond motifs is 1. The summed E-state index contributed by atoms with van der Waals surface area (Å²) in [6.07, 6.45) is 2.87. The molecule has 8 nitrogen and oxygen atoms in total. The van der Waals surface area contributed by atoms with Crippen molar-refractivity contribution in [3.05, 3.63) is 27.2 Å². The van der Waals surface area contributed by atoms with Crippen LogP contribution in [-0.4, -0.2) is 41.6 Å². The van der Waals surface area contributed by atoms with Crippen molar-refractivity contribution >= 4 is 11.2 Å². The minimum atomic E-state index is -0.697. The van der Waals surface area contributed by atoms with E-state index in [1.54, 1.807) is 10.9 Å². The summed E-state index contributed by atoms with van der Waals surface area (Å²) in [7, 11) is 1.46. The fourth-order valence-corrected chi connectivity index (χ4v) is 2.51. The van der Waals surface area contributed by atoms with Crippen LogP contribution in [0.4, 0.5) is 0 Å². The van der Waals surface area contributed by atoms with E-state index in [1.807, 2.05) is 6.92 Å². The van der Waals surface area contributed by atoms with E-state index in [2.05, 4.69) is 4.98 Å². The number of rotatable bonds is 7. The summed E-state index contributed by atoms with van der Waals surface area (Å²) >= 11 is 0. The van der Waals surface area contributed by atoms with Gasteiger partial charge < -0.3 is 14.8 Å². The zero-order valence-corrected chi connectivity index (χ0v) is 12.9. The van der Waals surface area contributed by atoms with Crippen molar-refractivity contribution in [3.63, 3.8) is 0 Å². The van der Waals surface area contributed by atoms with Gasteiger partial charge in [0.25, 0.3) is 5.56 Å². The van der Waals surface area contributed by atoms with Gasteiger partial charge in [-0.2, -0.15) is 0 Å². The van der Waals surface area contributed by atoms with E-state index in [-0.39, 0.29) is 17.9 Å². The van der Waals surface area contributed by atoms with Gasteiger partial charge in [-0.05, 0) is 26.2 Å². The number of hydrogen-bond donors (Lipinski definition) is 2. The normalized spacial score (nSPS) is 12.9. The van der Waals surface area contributed by atoms with Gasteiger partial charge in [0, 0.05) is 20.1 Å². The highest BCUT2D eigenvalue weighted by molar-refractivity contribution is 5.70. The Kier molecular flexibility index (Phi) is 5.15. The van der Waals surface area contributed by atoms with Crippen LogP contribution in [0, 0.1) is 0 Å². The summed E-state index contributed by atoms with van der Waals surface area (Å²) in [5.41, 5.74) is 0.117. The molecule has 122 valence electrons. The molecule has 2 aromatic heterocycles. The van der Waals surface area contributed by atoms with Crippen LogP contribution in [0.5, 0.6) is 0 Å². The Morgan fingerprint density at radius 2 is 2.05 bits per heavy atom. The number of nitrogens with zero attached hydrogens (tertiary/aromatic N) is 4. The Morgan fingerprint density at radius 3 is 2.68 bits per heavy atom. The maximum Gasteiger partial charge on any atom is 0.332 e. The monoisotopic (exact) mass is 310 g/mol. The molecule has 8 heteroatoms. The van der Waals surface area contributed by atoms with Gasteiger partial charge in [0.2, 0.25) is 0 Å². The molecule has 0 saturated heterocycles. The highest BCUT2D eigenvalue weighted by atomic mass is 16.3. The molecule has 0 amide bonds. The van der Waals surface area contributed by atoms with Crippen LogP contribution in [0.2, 0.25) is 0 Å². The lowest BCUT2D eigenvalue weighted by atomic mass is 10.1. The van der Waals surface area contributed by atoms with Crippen molar-refractivity contribution in [2.45, 2.75) is 45.4 Å². The molecule has 1 atom stereocenters. The lowest BCUT2D eigenvalue weighted by Gasteiger charge is -2.09. The highest BCUT2D eigenvalue weighted by Crippen LogP contribution is 2.09. The Hall–Kier alpha value is -1.93. The lowest BCUT2D eigenvalue weighted by Crippen LogP contribution is -2.38. The molecule has 22 heavy (non-hydrogen) atoms. The first-order chi connectivity index (χ1) is 10.5. The van der Waals surface area contributed by atoms with Gasteiger partial charge in [-0.25, -0.2) is 9.78 Å². The molecular formula is C14H22N4O4. The topological polar surface area (TPSA) is 102 Å². The maximum atomic E-state index is 12.3. The standard InChI is InChI=1S/C14H22N4O4/c1-3-18-12-11(13(21)16(2)14(18)22)17(9-15-12)7-5-4-6-10(20)8-19/h9-10,19-20H,3-8H2,1-2H3. The summed E-state index contributed by atoms with van der Waals surface area (Å²) < 4.78 is 4.32. The number of unbranched alkanes of at least 4 members (excludes halogenated alkanes) is 1. The molecule has 0 saturated carbocycles. The molecule has 0 bridgehead atoms. The number of hydrogen-bond acceptors (Lipinski definition) is 5. The van der Waals surface area contributed by atoms with Crippen molar-refractivity contribution in [1.29, 1.82) is 0 Å². The smallest absolute Gasteiger partial charge is 0.332 e. The Morgan fingerprint density at radius 1 is 1.32 bits per heavy atom. The third kappa shape index (κ3) is 2.97. The summed E-state index contributed by atoms with van der Waals surface area (Å²) in [6.45, 7) is 2.62. The number of aromatic nitrogens is 4. The summed E-state index contributed by atoms with van der Waals surface area (Å²) in [5, 5.41) is 18.1. The van der Waals surface area contributed by atoms with Gasteiger partial charge in [-0.15, -0.1) is 0 Å². The second kappa shape index (κ2) is 6.89. The molecule has 0 fully saturated rings. The zero-order valence-electron chi connectivity index (χ0n) is 12.9. The molecular weight excluding hydrogens is 288 g/mol. The third-order valence-corrected chi connectivity index (χ3v) is 3.81. The molecule has 2 rings (SSSR count). The van der Waals surface area contributed by atoms with Gasteiger partial charge in [0.1, 0.15) is 0 Å². The lowest BCUT2D eigenvalue weighted by molar-refractivity contribution is 0.0859. The van der Waals surface area contributed by atoms with Crippen LogP contribution in [-0.2, 0) is 20.1 Å². The Labute approximate surface area is 127 Å². The molecule has 2 aromatic rings. The molecule has 0 aromatic carbocycles. The Bertz CT molecular complexity index is 759. The average Bonchev–Trinajstić information content (AvgIpc) is 2.93. The van der Waals surface area contributed by atoms with Crippen LogP contribution in [0.3, 0.4) is 0 Å². The number of aryl methyl sites for hydroxylation is 2. The maximum absolute atomic E-state index is 12.3. The van der Waals surface area contributed by atoms with Gasteiger partial charge >= 0.3 is 5.69 Å². The number of aliphatic hydroxyl groups excluding tert-OH is 2. The predicted octanol–water partition coefficient (Wildman–Crippen LogP) is -0.560. The van der Waals surface area contributed by atoms with Crippen LogP contribution in [0.15, 0.2) is 15.9 Å². The van der Waals surface area contributed by atoms with Crippen LogP contribution < -0.4 is 11.2 Å². The molecule has 2 N–H and O–H groups in total. The minimum Gasteiger partial charge on any atom is -0.394 e. The van der Waals surface area contributed by atoms with Gasteiger partial charge in [-0.3, -0.25) is 13.9 Å². The van der Waals surface area contributed by atoms with Gasteiger partial charge in [-0.1, -0.05) is 0 Å². The second-order valence-corrected chi connectivity index (χ2v) is 5.33. The molecule has 1 unspecified atom stereocenters. The van der Waals surface area contributed by atoms with Gasteiger partial charge in [0.15, 0.2) is 11.2 Å². The highest BCUT2D eigenvalue weighted by Gasteiger charge is 2.15. The van der Waals surface area contributed by atoms with Crippen molar-refractivity contribution in [2.75, 3.05) is 6.61 Å². The first kappa shape index (κ1) is 16.4. The minimum absolute atomic E-state index is 0.239.